The molecule has 0 N–H and O–H groups in total. The van der Waals surface area contributed by atoms with E-state index >= 15 is 0 Å². The molecule has 0 aromatic rings. The molecule has 1 aliphatic rings. The molecule has 0 spiro atoms. The van der Waals surface area contributed by atoms with Crippen LogP contribution in [0.1, 0.15) is 41.5 Å². The Morgan fingerprint density at radius 2 is 1.22 bits per heavy atom. The van der Waals surface area contributed by atoms with Gasteiger partial charge in [-0.3, -0.25) is 0 Å². The number of nitrogens with zero attached hydrogens (tertiary/aromatic N) is 4. The van der Waals surface area contributed by atoms with E-state index in [0.29, 0.717) is 0 Å². The molecule has 4 nitrogen and oxygen atoms in total. The standard InChI is InChI=1S/C14H20N4/c1-9(2)17-11(5)12(6)18(10(3)4)14(17)13(7-15)8-16/h9-10H,1-6H3. The quantitative estimate of drug-likeness (QED) is 0.701. The first-order valence-electron chi connectivity index (χ1n) is 6.17. The molecule has 0 radical (unpaired) electrons. The highest BCUT2D eigenvalue weighted by Crippen LogP contribution is 2.36. The minimum absolute atomic E-state index is 0.175. The van der Waals surface area contributed by atoms with Crippen LogP contribution in [0.15, 0.2) is 22.8 Å². The highest BCUT2D eigenvalue weighted by atomic mass is 15.4. The molecule has 0 fully saturated rings. The number of rotatable bonds is 2. The summed E-state index contributed by atoms with van der Waals surface area (Å²) in [6.45, 7) is 12.3. The average molecular weight is 244 g/mol. The van der Waals surface area contributed by atoms with Gasteiger partial charge in [0.1, 0.15) is 18.0 Å². The van der Waals surface area contributed by atoms with Crippen molar-refractivity contribution in [2.75, 3.05) is 0 Å². The molecular weight excluding hydrogens is 224 g/mol. The van der Waals surface area contributed by atoms with E-state index < -0.39 is 0 Å². The maximum atomic E-state index is 9.16. The molecule has 96 valence electrons. The molecule has 0 saturated carbocycles. The molecule has 0 saturated heterocycles. The minimum atomic E-state index is 0.175. The average Bonchev–Trinajstić information content (AvgIpc) is 2.54. The molecule has 0 bridgehead atoms. The topological polar surface area (TPSA) is 54.1 Å². The van der Waals surface area contributed by atoms with Gasteiger partial charge in [-0.05, 0) is 41.5 Å². The molecule has 18 heavy (non-hydrogen) atoms. The maximum Gasteiger partial charge on any atom is 0.170 e. The van der Waals surface area contributed by atoms with Gasteiger partial charge in [-0.15, -0.1) is 0 Å². The predicted octanol–water partition coefficient (Wildman–Crippen LogP) is 2.93. The van der Waals surface area contributed by atoms with E-state index in [0.717, 1.165) is 17.2 Å². The summed E-state index contributed by atoms with van der Waals surface area (Å²) in [5.41, 5.74) is 2.39. The van der Waals surface area contributed by atoms with Crippen LogP contribution in [-0.4, -0.2) is 21.9 Å². The van der Waals surface area contributed by atoms with Gasteiger partial charge in [0.25, 0.3) is 0 Å². The third-order valence-electron chi connectivity index (χ3n) is 3.18. The summed E-state index contributed by atoms with van der Waals surface area (Å²) in [7, 11) is 0. The Kier molecular flexibility index (Phi) is 4.03. The zero-order valence-corrected chi connectivity index (χ0v) is 11.9. The largest absolute Gasteiger partial charge is 0.326 e. The molecule has 0 aliphatic carbocycles. The van der Waals surface area contributed by atoms with Crippen molar-refractivity contribution in [2.24, 2.45) is 0 Å². The smallest absolute Gasteiger partial charge is 0.170 e. The second-order valence-electron chi connectivity index (χ2n) is 5.02. The Morgan fingerprint density at radius 1 is 0.889 bits per heavy atom. The third-order valence-corrected chi connectivity index (χ3v) is 3.18. The van der Waals surface area contributed by atoms with Gasteiger partial charge in [0.15, 0.2) is 5.57 Å². The van der Waals surface area contributed by atoms with Crippen LogP contribution in [0.4, 0.5) is 0 Å². The summed E-state index contributed by atoms with van der Waals surface area (Å²) in [4.78, 5) is 4.13. The predicted molar refractivity (Wildman–Crippen MR) is 70.6 cm³/mol. The van der Waals surface area contributed by atoms with E-state index in [1.807, 2.05) is 26.0 Å². The maximum absolute atomic E-state index is 9.16. The zero-order chi connectivity index (χ0) is 14.0. The molecular formula is C14H20N4. The first-order valence-corrected chi connectivity index (χ1v) is 6.17. The van der Waals surface area contributed by atoms with E-state index in [2.05, 4.69) is 37.5 Å². The summed E-state index contributed by atoms with van der Waals surface area (Å²) in [6, 6.07) is 4.46. The minimum Gasteiger partial charge on any atom is -0.326 e. The first-order chi connectivity index (χ1) is 8.36. The summed E-state index contributed by atoms with van der Waals surface area (Å²) in [5.74, 6) is 0.722. The van der Waals surface area contributed by atoms with Crippen molar-refractivity contribution < 1.29 is 0 Å². The Balaban J connectivity index is 3.51. The Morgan fingerprint density at radius 3 is 1.44 bits per heavy atom. The summed E-state index contributed by atoms with van der Waals surface area (Å²) >= 11 is 0. The molecule has 1 heterocycles. The number of nitriles is 2. The van der Waals surface area contributed by atoms with Gasteiger partial charge >= 0.3 is 0 Å². The van der Waals surface area contributed by atoms with Crippen molar-refractivity contribution in [3.05, 3.63) is 22.8 Å². The van der Waals surface area contributed by atoms with Gasteiger partial charge in [0, 0.05) is 23.5 Å². The highest BCUT2D eigenvalue weighted by molar-refractivity contribution is 5.44. The molecule has 0 amide bonds. The molecule has 1 aliphatic heterocycles. The van der Waals surface area contributed by atoms with Crippen LogP contribution in [0.5, 0.6) is 0 Å². The van der Waals surface area contributed by atoms with Crippen LogP contribution in [0.2, 0.25) is 0 Å². The number of hydrogen-bond donors (Lipinski definition) is 0. The van der Waals surface area contributed by atoms with Crippen LogP contribution >= 0.6 is 0 Å². The fourth-order valence-corrected chi connectivity index (χ4v) is 2.41. The van der Waals surface area contributed by atoms with E-state index in [1.54, 1.807) is 0 Å². The van der Waals surface area contributed by atoms with E-state index in [-0.39, 0.29) is 17.7 Å². The second-order valence-corrected chi connectivity index (χ2v) is 5.02. The van der Waals surface area contributed by atoms with E-state index in [1.165, 1.54) is 0 Å². The monoisotopic (exact) mass is 244 g/mol. The van der Waals surface area contributed by atoms with Crippen molar-refractivity contribution in [1.29, 1.82) is 10.5 Å². The summed E-state index contributed by atoms with van der Waals surface area (Å²) < 4.78 is 0. The van der Waals surface area contributed by atoms with Gasteiger partial charge in [-0.25, -0.2) is 0 Å². The van der Waals surface area contributed by atoms with Crippen molar-refractivity contribution in [1.82, 2.24) is 9.80 Å². The normalized spacial score (nSPS) is 15.6. The van der Waals surface area contributed by atoms with Crippen LogP contribution in [0.3, 0.4) is 0 Å². The fourth-order valence-electron chi connectivity index (χ4n) is 2.41. The molecule has 0 aromatic carbocycles. The molecule has 0 aromatic heterocycles. The lowest BCUT2D eigenvalue weighted by molar-refractivity contribution is 0.266. The van der Waals surface area contributed by atoms with Crippen molar-refractivity contribution in [3.8, 4) is 12.1 Å². The first kappa shape index (κ1) is 14.1. The van der Waals surface area contributed by atoms with Gasteiger partial charge in [0.2, 0.25) is 0 Å². The lowest BCUT2D eigenvalue weighted by atomic mass is 10.2. The van der Waals surface area contributed by atoms with Crippen molar-refractivity contribution in [2.45, 2.75) is 53.6 Å². The molecule has 4 heteroatoms. The van der Waals surface area contributed by atoms with Crippen LogP contribution in [0.25, 0.3) is 0 Å². The molecule has 1 rings (SSSR count). The van der Waals surface area contributed by atoms with Crippen LogP contribution < -0.4 is 0 Å². The SMILES string of the molecule is CC1=C(C)N(C(C)C)C(=C(C#N)C#N)N1C(C)C. The second kappa shape index (κ2) is 5.14. The molecule has 0 unspecified atom stereocenters. The lowest BCUT2D eigenvalue weighted by Crippen LogP contribution is -2.34. The Labute approximate surface area is 109 Å². The fraction of sp³-hybridized carbons (Fsp3) is 0.571. The Bertz CT molecular complexity index is 441. The van der Waals surface area contributed by atoms with E-state index in [4.69, 9.17) is 10.5 Å². The highest BCUT2D eigenvalue weighted by Gasteiger charge is 2.35. The molecule has 0 atom stereocenters. The summed E-state index contributed by atoms with van der Waals surface area (Å²) in [5, 5.41) is 18.3. The van der Waals surface area contributed by atoms with Gasteiger partial charge < -0.3 is 9.80 Å². The Hall–Kier alpha value is -1.94. The number of hydrogen-bond acceptors (Lipinski definition) is 4. The van der Waals surface area contributed by atoms with Gasteiger partial charge in [-0.1, -0.05) is 0 Å². The van der Waals surface area contributed by atoms with Crippen molar-refractivity contribution in [3.63, 3.8) is 0 Å². The van der Waals surface area contributed by atoms with Crippen LogP contribution in [0, 0.1) is 22.7 Å². The van der Waals surface area contributed by atoms with E-state index in [9.17, 15) is 0 Å². The van der Waals surface area contributed by atoms with Crippen LogP contribution in [-0.2, 0) is 0 Å². The zero-order valence-electron chi connectivity index (χ0n) is 11.9. The summed E-state index contributed by atoms with van der Waals surface area (Å²) in [6.07, 6.45) is 0. The van der Waals surface area contributed by atoms with Gasteiger partial charge in [0.05, 0.1) is 0 Å². The lowest BCUT2D eigenvalue weighted by Gasteiger charge is -2.32. The third kappa shape index (κ3) is 2.07. The van der Waals surface area contributed by atoms with Gasteiger partial charge in [-0.2, -0.15) is 10.5 Å². The number of allylic oxidation sites excluding steroid dienone is 3. The van der Waals surface area contributed by atoms with Crippen molar-refractivity contribution >= 4 is 0 Å².